The van der Waals surface area contributed by atoms with Crippen LogP contribution in [0.2, 0.25) is 0 Å². The van der Waals surface area contributed by atoms with Gasteiger partial charge in [-0.25, -0.2) is 4.79 Å². The third-order valence-electron chi connectivity index (χ3n) is 4.03. The zero-order valence-corrected chi connectivity index (χ0v) is 14.7. The number of methoxy groups -OCH3 is 1. The molecule has 1 N–H and O–H groups in total. The van der Waals surface area contributed by atoms with Crippen molar-refractivity contribution in [3.05, 3.63) is 89.7 Å². The van der Waals surface area contributed by atoms with Crippen LogP contribution < -0.4 is 4.90 Å². The van der Waals surface area contributed by atoms with Crippen molar-refractivity contribution >= 4 is 17.6 Å². The molecule has 0 aliphatic carbocycles. The van der Waals surface area contributed by atoms with Crippen LogP contribution in [-0.4, -0.2) is 29.1 Å². The van der Waals surface area contributed by atoms with Crippen molar-refractivity contribution in [1.82, 2.24) is 4.98 Å². The lowest BCUT2D eigenvalue weighted by atomic mass is 10.1. The molecule has 1 heterocycles. The summed E-state index contributed by atoms with van der Waals surface area (Å²) in [5, 5.41) is 10.3. The van der Waals surface area contributed by atoms with Crippen LogP contribution in [0.5, 0.6) is 5.75 Å². The van der Waals surface area contributed by atoms with Gasteiger partial charge in [-0.05, 0) is 36.4 Å². The van der Waals surface area contributed by atoms with Crippen LogP contribution in [0.15, 0.2) is 72.9 Å². The number of ether oxygens (including phenoxy) is 1. The molecular formula is C21H18N2O4. The largest absolute Gasteiger partial charge is 0.506 e. The fraction of sp³-hybridized carbons (Fsp3) is 0.0952. The maximum Gasteiger partial charge on any atom is 0.338 e. The molecule has 136 valence electrons. The predicted molar refractivity (Wildman–Crippen MR) is 101 cm³/mol. The number of amides is 1. The average Bonchev–Trinajstić information content (AvgIpc) is 2.72. The van der Waals surface area contributed by atoms with Gasteiger partial charge in [0.05, 0.1) is 36.2 Å². The number of nitrogens with zero attached hydrogens (tertiary/aromatic N) is 2. The van der Waals surface area contributed by atoms with Gasteiger partial charge < -0.3 is 9.84 Å². The number of rotatable bonds is 5. The first-order valence-corrected chi connectivity index (χ1v) is 8.29. The number of esters is 1. The van der Waals surface area contributed by atoms with Crippen molar-refractivity contribution in [2.75, 3.05) is 12.0 Å². The fourth-order valence-electron chi connectivity index (χ4n) is 2.72. The number of phenolic OH excluding ortho intramolecular Hbond substituents is 1. The average molecular weight is 362 g/mol. The minimum Gasteiger partial charge on any atom is -0.506 e. The first-order valence-electron chi connectivity index (χ1n) is 8.29. The van der Waals surface area contributed by atoms with Crippen molar-refractivity contribution in [3.8, 4) is 5.75 Å². The SMILES string of the molecule is COC(=O)c1ccccc1C(=O)N(Cc1ccccn1)c1ccccc1O. The van der Waals surface area contributed by atoms with E-state index in [0.29, 0.717) is 11.4 Å². The van der Waals surface area contributed by atoms with E-state index >= 15 is 0 Å². The van der Waals surface area contributed by atoms with Gasteiger partial charge in [0.1, 0.15) is 5.75 Å². The number of aromatic nitrogens is 1. The molecule has 2 aromatic carbocycles. The number of pyridine rings is 1. The van der Waals surface area contributed by atoms with Gasteiger partial charge in [-0.15, -0.1) is 0 Å². The summed E-state index contributed by atoms with van der Waals surface area (Å²) in [6.07, 6.45) is 1.63. The van der Waals surface area contributed by atoms with E-state index in [-0.39, 0.29) is 23.4 Å². The number of carbonyl (C=O) groups is 2. The summed E-state index contributed by atoms with van der Waals surface area (Å²) in [5.74, 6) is -1.09. The topological polar surface area (TPSA) is 79.7 Å². The van der Waals surface area contributed by atoms with E-state index in [2.05, 4.69) is 4.98 Å². The molecule has 0 saturated carbocycles. The van der Waals surface area contributed by atoms with Crippen molar-refractivity contribution in [1.29, 1.82) is 0 Å². The zero-order valence-electron chi connectivity index (χ0n) is 14.7. The molecule has 3 rings (SSSR count). The lowest BCUT2D eigenvalue weighted by Crippen LogP contribution is -2.32. The van der Waals surface area contributed by atoms with Gasteiger partial charge >= 0.3 is 5.97 Å². The normalized spacial score (nSPS) is 10.3. The molecule has 0 fully saturated rings. The predicted octanol–water partition coefficient (Wildman–Crippen LogP) is 3.42. The Kier molecular flexibility index (Phi) is 5.47. The molecule has 0 unspecified atom stereocenters. The van der Waals surface area contributed by atoms with E-state index in [1.165, 1.54) is 24.1 Å². The quantitative estimate of drug-likeness (QED) is 0.704. The first kappa shape index (κ1) is 18.1. The number of anilines is 1. The standard InChI is InChI=1S/C21H18N2O4/c1-27-21(26)17-10-3-2-9-16(17)20(25)23(14-15-8-6-7-13-22-15)18-11-4-5-12-19(18)24/h2-13,24H,14H2,1H3. The monoisotopic (exact) mass is 362 g/mol. The van der Waals surface area contributed by atoms with E-state index < -0.39 is 11.9 Å². The maximum absolute atomic E-state index is 13.3. The van der Waals surface area contributed by atoms with Gasteiger partial charge in [0, 0.05) is 6.20 Å². The lowest BCUT2D eigenvalue weighted by molar-refractivity contribution is 0.0597. The molecule has 0 aliphatic heterocycles. The highest BCUT2D eigenvalue weighted by Gasteiger charge is 2.25. The maximum atomic E-state index is 13.3. The highest BCUT2D eigenvalue weighted by molar-refractivity contribution is 6.12. The molecule has 1 aromatic heterocycles. The summed E-state index contributed by atoms with van der Waals surface area (Å²) in [6, 6.07) is 18.3. The van der Waals surface area contributed by atoms with Crippen LogP contribution in [-0.2, 0) is 11.3 Å². The molecule has 0 saturated heterocycles. The van der Waals surface area contributed by atoms with Crippen LogP contribution in [0.4, 0.5) is 5.69 Å². The summed E-state index contributed by atoms with van der Waals surface area (Å²) in [6.45, 7) is 0.132. The third kappa shape index (κ3) is 3.95. The Morgan fingerprint density at radius 2 is 1.63 bits per heavy atom. The van der Waals surface area contributed by atoms with E-state index in [1.54, 1.807) is 54.7 Å². The van der Waals surface area contributed by atoms with E-state index in [0.717, 1.165) is 0 Å². The van der Waals surface area contributed by atoms with Crippen molar-refractivity contribution in [2.24, 2.45) is 0 Å². The van der Waals surface area contributed by atoms with Crippen LogP contribution in [0.25, 0.3) is 0 Å². The minimum absolute atomic E-state index is 0.0441. The molecule has 27 heavy (non-hydrogen) atoms. The Morgan fingerprint density at radius 3 is 2.30 bits per heavy atom. The summed E-state index contributed by atoms with van der Waals surface area (Å²) in [7, 11) is 1.26. The Balaban J connectivity index is 2.07. The number of para-hydroxylation sites is 2. The van der Waals surface area contributed by atoms with Crippen LogP contribution in [0.3, 0.4) is 0 Å². The number of benzene rings is 2. The Hall–Kier alpha value is -3.67. The number of phenols is 1. The highest BCUT2D eigenvalue weighted by Crippen LogP contribution is 2.29. The Labute approximate surface area is 156 Å². The zero-order chi connectivity index (χ0) is 19.2. The number of carbonyl (C=O) groups excluding carboxylic acids is 2. The highest BCUT2D eigenvalue weighted by atomic mass is 16.5. The van der Waals surface area contributed by atoms with Gasteiger partial charge in [0.25, 0.3) is 5.91 Å². The smallest absolute Gasteiger partial charge is 0.338 e. The van der Waals surface area contributed by atoms with E-state index in [9.17, 15) is 14.7 Å². The molecule has 0 bridgehead atoms. The van der Waals surface area contributed by atoms with E-state index in [1.807, 2.05) is 6.07 Å². The second-order valence-electron chi connectivity index (χ2n) is 5.74. The Morgan fingerprint density at radius 1 is 0.963 bits per heavy atom. The van der Waals surface area contributed by atoms with Crippen LogP contribution in [0.1, 0.15) is 26.4 Å². The molecular weight excluding hydrogens is 344 g/mol. The van der Waals surface area contributed by atoms with Gasteiger partial charge in [-0.2, -0.15) is 0 Å². The number of aromatic hydroxyl groups is 1. The van der Waals surface area contributed by atoms with Crippen LogP contribution in [0, 0.1) is 0 Å². The summed E-state index contributed by atoms with van der Waals surface area (Å²) >= 11 is 0. The van der Waals surface area contributed by atoms with Crippen molar-refractivity contribution < 1.29 is 19.4 Å². The van der Waals surface area contributed by atoms with Crippen molar-refractivity contribution in [3.63, 3.8) is 0 Å². The van der Waals surface area contributed by atoms with Crippen molar-refractivity contribution in [2.45, 2.75) is 6.54 Å². The molecule has 0 radical (unpaired) electrons. The molecule has 1 amide bonds. The van der Waals surface area contributed by atoms with Gasteiger partial charge in [0.2, 0.25) is 0 Å². The Bertz CT molecular complexity index is 957. The van der Waals surface area contributed by atoms with E-state index in [4.69, 9.17) is 4.74 Å². The lowest BCUT2D eigenvalue weighted by Gasteiger charge is -2.24. The second kappa shape index (κ2) is 8.14. The molecule has 0 aliphatic rings. The van der Waals surface area contributed by atoms with Crippen LogP contribution >= 0.6 is 0 Å². The first-order chi connectivity index (χ1) is 13.1. The molecule has 3 aromatic rings. The fourth-order valence-corrected chi connectivity index (χ4v) is 2.72. The van der Waals surface area contributed by atoms with Gasteiger partial charge in [-0.3, -0.25) is 14.7 Å². The van der Waals surface area contributed by atoms with Gasteiger partial charge in [-0.1, -0.05) is 30.3 Å². The molecule has 0 spiro atoms. The molecule has 6 heteroatoms. The number of hydrogen-bond donors (Lipinski definition) is 1. The molecule has 0 atom stereocenters. The summed E-state index contributed by atoms with van der Waals surface area (Å²) in [4.78, 5) is 31.0. The number of hydrogen-bond acceptors (Lipinski definition) is 5. The molecule has 6 nitrogen and oxygen atoms in total. The van der Waals surface area contributed by atoms with Gasteiger partial charge in [0.15, 0.2) is 0 Å². The second-order valence-corrected chi connectivity index (χ2v) is 5.74. The third-order valence-corrected chi connectivity index (χ3v) is 4.03. The minimum atomic E-state index is -0.603. The summed E-state index contributed by atoms with van der Waals surface area (Å²) < 4.78 is 4.78. The summed E-state index contributed by atoms with van der Waals surface area (Å²) in [5.41, 5.74) is 1.31.